The zero-order chi connectivity index (χ0) is 19.7. The molecule has 1 aromatic carbocycles. The quantitative estimate of drug-likeness (QED) is 0.704. The van der Waals surface area contributed by atoms with E-state index in [1.54, 1.807) is 36.1 Å². The summed E-state index contributed by atoms with van der Waals surface area (Å²) in [6, 6.07) is 9.52. The summed E-state index contributed by atoms with van der Waals surface area (Å²) in [6.07, 6.45) is 4.84. The highest BCUT2D eigenvalue weighted by molar-refractivity contribution is 6.45. The maximum absolute atomic E-state index is 13.4. The summed E-state index contributed by atoms with van der Waals surface area (Å²) in [6.45, 7) is 3.18. The molecule has 4 rings (SSSR count). The van der Waals surface area contributed by atoms with E-state index in [9.17, 15) is 14.2 Å². The van der Waals surface area contributed by atoms with Gasteiger partial charge in [-0.05, 0) is 62.6 Å². The van der Waals surface area contributed by atoms with Crippen LogP contribution in [0.1, 0.15) is 18.9 Å². The molecule has 0 unspecified atom stereocenters. The minimum Gasteiger partial charge on any atom is -0.437 e. The minimum absolute atomic E-state index is 0.0000589. The van der Waals surface area contributed by atoms with Crippen LogP contribution in [0.4, 0.5) is 4.39 Å². The highest BCUT2D eigenvalue weighted by Crippen LogP contribution is 2.35. The van der Waals surface area contributed by atoms with Crippen LogP contribution in [0.25, 0.3) is 22.4 Å². The van der Waals surface area contributed by atoms with Crippen LogP contribution in [-0.4, -0.2) is 39.7 Å². The Labute approximate surface area is 162 Å². The number of rotatable bonds is 4. The van der Waals surface area contributed by atoms with Crippen molar-refractivity contribution < 1.29 is 13.9 Å². The second-order valence-corrected chi connectivity index (χ2v) is 7.07. The standard InChI is InChI=1S/C20H21BFN3O3/c1-21(27)24-12-8-17(9-13-24)25-19(15-6-10-23-11-7-15)18(20(26)28-25)14-2-4-16(22)5-3-14/h2-7,10-11,17,27H,8-9,12-13H2,1H3. The van der Waals surface area contributed by atoms with E-state index in [0.29, 0.717) is 29.9 Å². The van der Waals surface area contributed by atoms with Gasteiger partial charge in [0.05, 0.1) is 17.3 Å². The van der Waals surface area contributed by atoms with Crippen LogP contribution >= 0.6 is 0 Å². The summed E-state index contributed by atoms with van der Waals surface area (Å²) in [5.41, 5.74) is 2.08. The molecule has 0 amide bonds. The molecule has 0 radical (unpaired) electrons. The van der Waals surface area contributed by atoms with Crippen molar-refractivity contribution in [3.05, 3.63) is 65.0 Å². The average Bonchev–Trinajstić information content (AvgIpc) is 3.06. The molecule has 0 bridgehead atoms. The molecule has 2 aromatic heterocycles. The molecule has 3 heterocycles. The molecule has 0 saturated carbocycles. The third-order valence-corrected chi connectivity index (χ3v) is 5.29. The van der Waals surface area contributed by atoms with Gasteiger partial charge in [0.25, 0.3) is 0 Å². The first-order valence-corrected chi connectivity index (χ1v) is 9.39. The van der Waals surface area contributed by atoms with Gasteiger partial charge in [0, 0.05) is 18.0 Å². The van der Waals surface area contributed by atoms with E-state index in [1.807, 2.05) is 16.9 Å². The lowest BCUT2D eigenvalue weighted by molar-refractivity contribution is 0.150. The van der Waals surface area contributed by atoms with Crippen molar-refractivity contribution >= 4 is 7.05 Å². The van der Waals surface area contributed by atoms with Crippen LogP contribution in [-0.2, 0) is 0 Å². The van der Waals surface area contributed by atoms with Crippen LogP contribution in [0, 0.1) is 5.82 Å². The Kier molecular flexibility index (Phi) is 5.15. The molecule has 6 nitrogen and oxygen atoms in total. The molecule has 1 aliphatic heterocycles. The van der Waals surface area contributed by atoms with Gasteiger partial charge >= 0.3 is 12.7 Å². The molecular formula is C20H21BFN3O3. The zero-order valence-corrected chi connectivity index (χ0v) is 15.6. The van der Waals surface area contributed by atoms with Crippen molar-refractivity contribution in [2.75, 3.05) is 13.1 Å². The summed E-state index contributed by atoms with van der Waals surface area (Å²) in [5.74, 6) is -0.358. The Bertz CT molecular complexity index is 994. The average molecular weight is 381 g/mol. The largest absolute Gasteiger partial charge is 0.437 e. The first kappa shape index (κ1) is 18.6. The number of aromatic nitrogens is 2. The second-order valence-electron chi connectivity index (χ2n) is 7.07. The van der Waals surface area contributed by atoms with Crippen LogP contribution in [0.3, 0.4) is 0 Å². The van der Waals surface area contributed by atoms with Crippen LogP contribution in [0.5, 0.6) is 0 Å². The van der Waals surface area contributed by atoms with Gasteiger partial charge in [-0.2, -0.15) is 0 Å². The molecule has 0 aliphatic carbocycles. The lowest BCUT2D eigenvalue weighted by Gasteiger charge is -2.32. The molecule has 1 saturated heterocycles. The Hall–Kier alpha value is -2.71. The van der Waals surface area contributed by atoms with Gasteiger partial charge in [0.2, 0.25) is 0 Å². The van der Waals surface area contributed by atoms with Gasteiger partial charge in [0.1, 0.15) is 5.82 Å². The smallest absolute Gasteiger partial charge is 0.376 e. The normalized spacial score (nSPS) is 15.7. The van der Waals surface area contributed by atoms with Gasteiger partial charge in [-0.15, -0.1) is 0 Å². The molecule has 144 valence electrons. The molecule has 28 heavy (non-hydrogen) atoms. The first-order chi connectivity index (χ1) is 13.5. The van der Waals surface area contributed by atoms with Crippen LogP contribution in [0.15, 0.2) is 58.1 Å². The second kappa shape index (κ2) is 7.73. The number of hydrogen-bond donors (Lipinski definition) is 1. The summed E-state index contributed by atoms with van der Waals surface area (Å²) in [4.78, 5) is 18.8. The Morgan fingerprint density at radius 3 is 2.36 bits per heavy atom. The van der Waals surface area contributed by atoms with Crippen LogP contribution < -0.4 is 5.63 Å². The number of benzene rings is 1. The molecule has 1 fully saturated rings. The van der Waals surface area contributed by atoms with E-state index in [-0.39, 0.29) is 11.9 Å². The fourth-order valence-electron chi connectivity index (χ4n) is 3.79. The molecule has 1 N–H and O–H groups in total. The highest BCUT2D eigenvalue weighted by atomic mass is 19.1. The van der Waals surface area contributed by atoms with Crippen molar-refractivity contribution in [2.24, 2.45) is 0 Å². The van der Waals surface area contributed by atoms with Gasteiger partial charge in [-0.3, -0.25) is 4.98 Å². The third-order valence-electron chi connectivity index (χ3n) is 5.29. The first-order valence-electron chi connectivity index (χ1n) is 9.39. The number of hydrogen-bond acceptors (Lipinski definition) is 5. The number of pyridine rings is 1. The molecule has 1 aliphatic rings. The van der Waals surface area contributed by atoms with Gasteiger partial charge in [0.15, 0.2) is 0 Å². The van der Waals surface area contributed by atoms with E-state index >= 15 is 0 Å². The van der Waals surface area contributed by atoms with Crippen molar-refractivity contribution in [2.45, 2.75) is 25.7 Å². The van der Waals surface area contributed by atoms with Crippen LogP contribution in [0.2, 0.25) is 6.82 Å². The Morgan fingerprint density at radius 1 is 1.11 bits per heavy atom. The van der Waals surface area contributed by atoms with Gasteiger partial charge < -0.3 is 14.4 Å². The van der Waals surface area contributed by atoms with Crippen molar-refractivity contribution in [1.29, 1.82) is 0 Å². The van der Waals surface area contributed by atoms with E-state index in [2.05, 4.69) is 4.98 Å². The number of piperidine rings is 1. The van der Waals surface area contributed by atoms with E-state index < -0.39 is 12.7 Å². The lowest BCUT2D eigenvalue weighted by Crippen LogP contribution is -2.43. The summed E-state index contributed by atoms with van der Waals surface area (Å²) >= 11 is 0. The summed E-state index contributed by atoms with van der Waals surface area (Å²) in [5, 5.41) is 9.79. The molecule has 3 aromatic rings. The van der Waals surface area contributed by atoms with Gasteiger partial charge in [-0.25, -0.2) is 13.9 Å². The molecule has 0 atom stereocenters. The molecular weight excluding hydrogens is 360 g/mol. The lowest BCUT2D eigenvalue weighted by atomic mass is 9.82. The highest BCUT2D eigenvalue weighted by Gasteiger charge is 2.30. The maximum atomic E-state index is 13.4. The fraction of sp³-hybridized carbons (Fsp3) is 0.300. The number of nitrogens with zero attached hydrogens (tertiary/aromatic N) is 3. The van der Waals surface area contributed by atoms with E-state index in [0.717, 1.165) is 18.4 Å². The fourth-order valence-corrected chi connectivity index (χ4v) is 3.79. The zero-order valence-electron chi connectivity index (χ0n) is 15.6. The summed E-state index contributed by atoms with van der Waals surface area (Å²) < 4.78 is 20.8. The molecule has 0 spiro atoms. The predicted octanol–water partition coefficient (Wildman–Crippen LogP) is 3.06. The number of halogens is 1. The Balaban J connectivity index is 1.80. The predicted molar refractivity (Wildman–Crippen MR) is 105 cm³/mol. The maximum Gasteiger partial charge on any atom is 0.376 e. The van der Waals surface area contributed by atoms with Crippen molar-refractivity contribution in [3.8, 4) is 22.4 Å². The van der Waals surface area contributed by atoms with E-state index in [1.165, 1.54) is 12.1 Å². The van der Waals surface area contributed by atoms with E-state index in [4.69, 9.17) is 4.52 Å². The third kappa shape index (κ3) is 3.53. The molecule has 8 heteroatoms. The summed E-state index contributed by atoms with van der Waals surface area (Å²) in [7, 11) is -0.493. The monoisotopic (exact) mass is 381 g/mol. The topological polar surface area (TPSA) is 71.5 Å². The van der Waals surface area contributed by atoms with Crippen molar-refractivity contribution in [3.63, 3.8) is 0 Å². The minimum atomic E-state index is -0.493. The SMILES string of the molecule is CB(O)N1CCC(n2oc(=O)c(-c3ccc(F)cc3)c2-c2ccncc2)CC1. The van der Waals surface area contributed by atoms with Crippen molar-refractivity contribution in [1.82, 2.24) is 14.5 Å². The van der Waals surface area contributed by atoms with Gasteiger partial charge in [-0.1, -0.05) is 12.1 Å². The Morgan fingerprint density at radius 2 is 1.75 bits per heavy atom.